The molecule has 8 heteroatoms. The predicted octanol–water partition coefficient (Wildman–Crippen LogP) is 4.09. The highest BCUT2D eigenvalue weighted by Crippen LogP contribution is 2.22. The molecule has 0 bridgehead atoms. The predicted molar refractivity (Wildman–Crippen MR) is 96.6 cm³/mol. The van der Waals surface area contributed by atoms with Gasteiger partial charge in [-0.2, -0.15) is 18.4 Å². The lowest BCUT2D eigenvalue weighted by Gasteiger charge is -2.08. The molecule has 0 aliphatic rings. The molecule has 0 atom stereocenters. The summed E-state index contributed by atoms with van der Waals surface area (Å²) in [6.07, 6.45) is 0. The first-order valence-electron chi connectivity index (χ1n) is 7.08. The largest absolute Gasteiger partial charge is 0.494 e. The molecule has 2 aromatic carbocycles. The third-order valence-corrected chi connectivity index (χ3v) is 4.87. The first-order valence-corrected chi connectivity index (χ1v) is 9.32. The molecule has 24 heavy (non-hydrogen) atoms. The quantitative estimate of drug-likeness (QED) is 0.600. The molecule has 0 aliphatic heterocycles. The second-order valence-electron chi connectivity index (χ2n) is 4.82. The van der Waals surface area contributed by atoms with Gasteiger partial charge in [0, 0.05) is 10.6 Å². The number of rotatable bonds is 6. The Labute approximate surface area is 151 Å². The molecule has 0 spiro atoms. The van der Waals surface area contributed by atoms with Gasteiger partial charge in [-0.15, -0.1) is 0 Å². The number of nitrogens with one attached hydrogen (secondary N) is 1. The SMILES string of the molecule is CCOc1ccc(S(=O)(=O)N/N=C(/C)c2ccc(Cl)cc2Cl)cc1. The molecule has 0 radical (unpaired) electrons. The van der Waals surface area contributed by atoms with E-state index in [2.05, 4.69) is 9.93 Å². The Balaban J connectivity index is 2.19. The van der Waals surface area contributed by atoms with E-state index < -0.39 is 10.0 Å². The molecule has 0 aromatic heterocycles. The number of hydrogen-bond donors (Lipinski definition) is 1. The van der Waals surface area contributed by atoms with Crippen LogP contribution in [0, 0.1) is 0 Å². The average Bonchev–Trinajstić information content (AvgIpc) is 2.53. The van der Waals surface area contributed by atoms with E-state index in [0.29, 0.717) is 33.7 Å². The zero-order valence-electron chi connectivity index (χ0n) is 13.1. The number of hydrogen-bond acceptors (Lipinski definition) is 4. The van der Waals surface area contributed by atoms with Gasteiger partial charge >= 0.3 is 0 Å². The maximum atomic E-state index is 12.3. The third kappa shape index (κ3) is 4.63. The Morgan fingerprint density at radius 3 is 2.42 bits per heavy atom. The number of benzene rings is 2. The van der Waals surface area contributed by atoms with Crippen LogP contribution in [0.3, 0.4) is 0 Å². The van der Waals surface area contributed by atoms with E-state index in [9.17, 15) is 8.42 Å². The van der Waals surface area contributed by atoms with Gasteiger partial charge in [0.2, 0.25) is 0 Å². The summed E-state index contributed by atoms with van der Waals surface area (Å²) in [4.78, 5) is 2.28. The minimum absolute atomic E-state index is 0.0877. The van der Waals surface area contributed by atoms with Gasteiger partial charge in [-0.25, -0.2) is 0 Å². The second-order valence-corrected chi connectivity index (χ2v) is 7.33. The molecule has 0 saturated heterocycles. The highest BCUT2D eigenvalue weighted by Gasteiger charge is 2.14. The molecule has 2 rings (SSSR count). The van der Waals surface area contributed by atoms with Gasteiger partial charge in [-0.05, 0) is 50.2 Å². The van der Waals surface area contributed by atoms with Crippen molar-refractivity contribution in [3.63, 3.8) is 0 Å². The molecule has 5 nitrogen and oxygen atoms in total. The fraction of sp³-hybridized carbons (Fsp3) is 0.188. The van der Waals surface area contributed by atoms with E-state index in [4.69, 9.17) is 27.9 Å². The standard InChI is InChI=1S/C16H16Cl2N2O3S/c1-3-23-13-5-7-14(8-6-13)24(21,22)20-19-11(2)15-9-4-12(17)10-16(15)18/h4-10,20H,3H2,1-2H3/b19-11-. The van der Waals surface area contributed by atoms with Gasteiger partial charge in [-0.3, -0.25) is 0 Å². The van der Waals surface area contributed by atoms with Crippen LogP contribution < -0.4 is 9.57 Å². The van der Waals surface area contributed by atoms with E-state index in [0.717, 1.165) is 0 Å². The topological polar surface area (TPSA) is 67.8 Å². The van der Waals surface area contributed by atoms with Crippen molar-refractivity contribution >= 4 is 38.9 Å². The fourth-order valence-electron chi connectivity index (χ4n) is 1.91. The fourth-order valence-corrected chi connectivity index (χ4v) is 3.31. The average molecular weight is 387 g/mol. The number of sulfonamides is 1. The summed E-state index contributed by atoms with van der Waals surface area (Å²) < 4.78 is 29.8. The second kappa shape index (κ2) is 7.88. The summed E-state index contributed by atoms with van der Waals surface area (Å²) in [7, 11) is -3.78. The van der Waals surface area contributed by atoms with Gasteiger partial charge in [0.1, 0.15) is 5.75 Å². The molecule has 128 valence electrons. The van der Waals surface area contributed by atoms with E-state index >= 15 is 0 Å². The minimum atomic E-state index is -3.78. The van der Waals surface area contributed by atoms with Crippen molar-refractivity contribution in [1.29, 1.82) is 0 Å². The lowest BCUT2D eigenvalue weighted by molar-refractivity contribution is 0.340. The number of nitrogens with zero attached hydrogens (tertiary/aromatic N) is 1. The summed E-state index contributed by atoms with van der Waals surface area (Å²) in [5, 5.41) is 4.80. The molecule has 0 amide bonds. The molecule has 0 heterocycles. The van der Waals surface area contributed by atoms with Gasteiger partial charge in [0.25, 0.3) is 10.0 Å². The van der Waals surface area contributed by atoms with E-state index in [1.54, 1.807) is 37.3 Å². The first kappa shape index (κ1) is 18.6. The summed E-state index contributed by atoms with van der Waals surface area (Å²) >= 11 is 11.9. The van der Waals surface area contributed by atoms with Crippen LogP contribution in [0.1, 0.15) is 19.4 Å². The normalized spacial score (nSPS) is 12.1. The van der Waals surface area contributed by atoms with Crippen LogP contribution >= 0.6 is 23.2 Å². The Hall–Kier alpha value is -1.76. The van der Waals surface area contributed by atoms with Crippen LogP contribution in [0.25, 0.3) is 0 Å². The van der Waals surface area contributed by atoms with E-state index in [1.165, 1.54) is 12.1 Å². The Morgan fingerprint density at radius 2 is 1.83 bits per heavy atom. The van der Waals surface area contributed by atoms with Crippen LogP contribution in [-0.4, -0.2) is 20.7 Å². The Kier molecular flexibility index (Phi) is 6.10. The molecule has 2 aromatic rings. The van der Waals surface area contributed by atoms with Gasteiger partial charge < -0.3 is 4.74 Å². The molecule has 0 unspecified atom stereocenters. The van der Waals surface area contributed by atoms with Crippen LogP contribution in [0.4, 0.5) is 0 Å². The van der Waals surface area contributed by atoms with Crippen molar-refractivity contribution in [3.05, 3.63) is 58.1 Å². The highest BCUT2D eigenvalue weighted by atomic mass is 35.5. The molecule has 0 fully saturated rings. The number of halogens is 2. The monoisotopic (exact) mass is 386 g/mol. The lowest BCUT2D eigenvalue weighted by atomic mass is 10.1. The van der Waals surface area contributed by atoms with Crippen LogP contribution in [0.2, 0.25) is 10.0 Å². The van der Waals surface area contributed by atoms with Crippen molar-refractivity contribution in [2.75, 3.05) is 6.61 Å². The maximum absolute atomic E-state index is 12.3. The lowest BCUT2D eigenvalue weighted by Crippen LogP contribution is -2.20. The molecule has 1 N–H and O–H groups in total. The van der Waals surface area contributed by atoms with Crippen LogP contribution in [-0.2, 0) is 10.0 Å². The number of ether oxygens (including phenoxy) is 1. The van der Waals surface area contributed by atoms with Gasteiger partial charge in [0.15, 0.2) is 0 Å². The molecular weight excluding hydrogens is 371 g/mol. The molecule has 0 saturated carbocycles. The minimum Gasteiger partial charge on any atom is -0.494 e. The van der Waals surface area contributed by atoms with Crippen molar-refractivity contribution in [3.8, 4) is 5.75 Å². The Morgan fingerprint density at radius 1 is 1.17 bits per heavy atom. The molecular formula is C16H16Cl2N2O3S. The Bertz CT molecular complexity index is 850. The smallest absolute Gasteiger partial charge is 0.276 e. The zero-order chi connectivity index (χ0) is 17.7. The van der Waals surface area contributed by atoms with Gasteiger partial charge in [0.05, 0.1) is 22.2 Å². The van der Waals surface area contributed by atoms with E-state index in [-0.39, 0.29) is 4.90 Å². The van der Waals surface area contributed by atoms with Crippen molar-refractivity contribution < 1.29 is 13.2 Å². The van der Waals surface area contributed by atoms with E-state index in [1.807, 2.05) is 6.92 Å². The summed E-state index contributed by atoms with van der Waals surface area (Å²) in [6.45, 7) is 4.01. The summed E-state index contributed by atoms with van der Waals surface area (Å²) in [6, 6.07) is 11.0. The maximum Gasteiger partial charge on any atom is 0.276 e. The third-order valence-electron chi connectivity index (χ3n) is 3.10. The van der Waals surface area contributed by atoms with Crippen LogP contribution in [0.15, 0.2) is 52.5 Å². The first-order chi connectivity index (χ1) is 11.3. The van der Waals surface area contributed by atoms with Gasteiger partial charge in [-0.1, -0.05) is 29.3 Å². The van der Waals surface area contributed by atoms with Crippen molar-refractivity contribution in [1.82, 2.24) is 4.83 Å². The molecule has 0 aliphatic carbocycles. The summed E-state index contributed by atoms with van der Waals surface area (Å²) in [5.41, 5.74) is 1.02. The van der Waals surface area contributed by atoms with Crippen LogP contribution in [0.5, 0.6) is 5.75 Å². The van der Waals surface area contributed by atoms with Crippen molar-refractivity contribution in [2.45, 2.75) is 18.7 Å². The summed E-state index contributed by atoms with van der Waals surface area (Å²) in [5.74, 6) is 0.601. The highest BCUT2D eigenvalue weighted by molar-refractivity contribution is 7.89. The number of hydrazone groups is 1. The zero-order valence-corrected chi connectivity index (χ0v) is 15.4. The van der Waals surface area contributed by atoms with Crippen molar-refractivity contribution in [2.24, 2.45) is 5.10 Å².